The minimum Gasteiger partial charge on any atom is -0.354 e. The van der Waals surface area contributed by atoms with Crippen molar-refractivity contribution in [3.8, 4) is 6.07 Å². The van der Waals surface area contributed by atoms with E-state index < -0.39 is 0 Å². The Balaban J connectivity index is 1.61. The van der Waals surface area contributed by atoms with Gasteiger partial charge in [-0.25, -0.2) is 4.39 Å². The van der Waals surface area contributed by atoms with E-state index in [0.717, 1.165) is 11.1 Å². The lowest BCUT2D eigenvalue weighted by atomic mass is 9.93. The molecule has 2 aromatic rings. The molecule has 1 amide bonds. The van der Waals surface area contributed by atoms with Crippen molar-refractivity contribution >= 4 is 5.91 Å². The van der Waals surface area contributed by atoms with Crippen LogP contribution in [0.2, 0.25) is 0 Å². The molecule has 3 rings (SSSR count). The topological polar surface area (TPSA) is 56.1 Å². The van der Waals surface area contributed by atoms with Crippen LogP contribution >= 0.6 is 0 Å². The molecular formula is C20H20FN3O. The summed E-state index contributed by atoms with van der Waals surface area (Å²) in [5.74, 6) is -0.326. The zero-order chi connectivity index (χ0) is 17.6. The number of carbonyl (C=O) groups excluding carboxylic acids is 1. The molecule has 1 aliphatic heterocycles. The zero-order valence-electron chi connectivity index (χ0n) is 13.9. The Hall–Kier alpha value is -2.71. The average molecular weight is 337 g/mol. The van der Waals surface area contributed by atoms with Crippen molar-refractivity contribution < 1.29 is 9.18 Å². The molecule has 1 unspecified atom stereocenters. The quantitative estimate of drug-likeness (QED) is 0.853. The van der Waals surface area contributed by atoms with Gasteiger partial charge in [0.25, 0.3) is 0 Å². The van der Waals surface area contributed by atoms with Crippen LogP contribution in [-0.2, 0) is 24.2 Å². The largest absolute Gasteiger partial charge is 0.354 e. The van der Waals surface area contributed by atoms with Gasteiger partial charge >= 0.3 is 0 Å². The molecule has 0 fully saturated rings. The van der Waals surface area contributed by atoms with E-state index >= 15 is 0 Å². The van der Waals surface area contributed by atoms with Crippen LogP contribution in [0.1, 0.15) is 16.7 Å². The van der Waals surface area contributed by atoms with Gasteiger partial charge in [0.1, 0.15) is 5.82 Å². The number of carbonyl (C=O) groups is 1. The minimum atomic E-state index is -0.331. The monoisotopic (exact) mass is 337 g/mol. The van der Waals surface area contributed by atoms with Gasteiger partial charge in [0, 0.05) is 13.1 Å². The lowest BCUT2D eigenvalue weighted by Crippen LogP contribution is -2.50. The molecule has 0 aliphatic carbocycles. The minimum absolute atomic E-state index is 0.0631. The third kappa shape index (κ3) is 4.23. The van der Waals surface area contributed by atoms with E-state index in [1.807, 2.05) is 29.2 Å². The molecule has 0 spiro atoms. The number of nitriles is 1. The molecular weight excluding hydrogens is 317 g/mol. The Morgan fingerprint density at radius 2 is 1.92 bits per heavy atom. The summed E-state index contributed by atoms with van der Waals surface area (Å²) in [6, 6.07) is 16.1. The average Bonchev–Trinajstić information content (AvgIpc) is 2.63. The Labute approximate surface area is 146 Å². The second-order valence-corrected chi connectivity index (χ2v) is 6.22. The van der Waals surface area contributed by atoms with Crippen molar-refractivity contribution in [1.29, 1.82) is 5.26 Å². The summed E-state index contributed by atoms with van der Waals surface area (Å²) >= 11 is 0. The number of amides is 1. The zero-order valence-corrected chi connectivity index (χ0v) is 13.9. The normalized spacial score (nSPS) is 16.7. The highest BCUT2D eigenvalue weighted by atomic mass is 19.1. The standard InChI is InChI=1S/C20H20FN3O/c21-18-7-5-15(6-8-18)9-11-23-20(25)19-13-16-3-1-2-4-17(16)14-24(19)12-10-22/h1-8,19H,9,11-14H2,(H,23,25). The van der Waals surface area contributed by atoms with Crippen molar-refractivity contribution in [2.24, 2.45) is 0 Å². The van der Waals surface area contributed by atoms with Crippen LogP contribution in [0.4, 0.5) is 4.39 Å². The Morgan fingerprint density at radius 3 is 2.64 bits per heavy atom. The summed E-state index contributed by atoms with van der Waals surface area (Å²) in [4.78, 5) is 14.5. The van der Waals surface area contributed by atoms with E-state index in [1.165, 1.54) is 17.7 Å². The van der Waals surface area contributed by atoms with Gasteiger partial charge in [0.15, 0.2) is 0 Å². The molecule has 1 atom stereocenters. The number of nitrogens with zero attached hydrogens (tertiary/aromatic N) is 2. The van der Waals surface area contributed by atoms with Crippen molar-refractivity contribution in [3.05, 3.63) is 71.0 Å². The summed E-state index contributed by atoms with van der Waals surface area (Å²) < 4.78 is 12.9. The predicted molar refractivity (Wildman–Crippen MR) is 93.1 cm³/mol. The Morgan fingerprint density at radius 1 is 1.20 bits per heavy atom. The first kappa shape index (κ1) is 17.1. The summed E-state index contributed by atoms with van der Waals surface area (Å²) in [5, 5.41) is 12.0. The van der Waals surface area contributed by atoms with Gasteiger partial charge in [-0.2, -0.15) is 5.26 Å². The molecule has 0 saturated carbocycles. The molecule has 128 valence electrons. The molecule has 25 heavy (non-hydrogen) atoms. The van der Waals surface area contributed by atoms with Gasteiger partial charge in [0.05, 0.1) is 18.7 Å². The van der Waals surface area contributed by atoms with Crippen molar-refractivity contribution in [3.63, 3.8) is 0 Å². The lowest BCUT2D eigenvalue weighted by molar-refractivity contribution is -0.126. The van der Waals surface area contributed by atoms with Gasteiger partial charge in [-0.05, 0) is 41.7 Å². The van der Waals surface area contributed by atoms with E-state index in [0.29, 0.717) is 25.9 Å². The van der Waals surface area contributed by atoms with Crippen LogP contribution in [-0.4, -0.2) is 29.9 Å². The van der Waals surface area contributed by atoms with Crippen LogP contribution < -0.4 is 5.32 Å². The van der Waals surface area contributed by atoms with E-state index in [-0.39, 0.29) is 24.3 Å². The highest BCUT2D eigenvalue weighted by Gasteiger charge is 2.30. The molecule has 1 aliphatic rings. The Kier molecular flexibility index (Phi) is 5.42. The first-order chi connectivity index (χ1) is 12.2. The summed E-state index contributed by atoms with van der Waals surface area (Å²) in [6.07, 6.45) is 1.26. The third-order valence-corrected chi connectivity index (χ3v) is 4.55. The fraction of sp³-hybridized carbons (Fsp3) is 0.300. The fourth-order valence-corrected chi connectivity index (χ4v) is 3.19. The molecule has 5 heteroatoms. The van der Waals surface area contributed by atoms with Gasteiger partial charge in [-0.15, -0.1) is 0 Å². The highest BCUT2D eigenvalue weighted by Crippen LogP contribution is 2.23. The predicted octanol–water partition coefficient (Wildman–Crippen LogP) is 2.43. The number of benzene rings is 2. The van der Waals surface area contributed by atoms with Crippen LogP contribution in [0.5, 0.6) is 0 Å². The number of halogens is 1. The SMILES string of the molecule is N#CCN1Cc2ccccc2CC1C(=O)NCCc1ccc(F)cc1. The lowest BCUT2D eigenvalue weighted by Gasteiger charge is -2.34. The van der Waals surface area contributed by atoms with Crippen LogP contribution in [0, 0.1) is 17.1 Å². The molecule has 1 heterocycles. The summed E-state index contributed by atoms with van der Waals surface area (Å²) in [6.45, 7) is 1.33. The van der Waals surface area contributed by atoms with Crippen LogP contribution in [0.15, 0.2) is 48.5 Å². The first-order valence-electron chi connectivity index (χ1n) is 8.37. The first-order valence-corrected chi connectivity index (χ1v) is 8.37. The van der Waals surface area contributed by atoms with Gasteiger partial charge < -0.3 is 5.32 Å². The Bertz CT molecular complexity index is 782. The van der Waals surface area contributed by atoms with Gasteiger partial charge in [-0.3, -0.25) is 9.69 Å². The second-order valence-electron chi connectivity index (χ2n) is 6.22. The van der Waals surface area contributed by atoms with Crippen LogP contribution in [0.3, 0.4) is 0 Å². The van der Waals surface area contributed by atoms with E-state index in [1.54, 1.807) is 12.1 Å². The number of hydrogen-bond acceptors (Lipinski definition) is 3. The molecule has 0 radical (unpaired) electrons. The maximum atomic E-state index is 12.9. The van der Waals surface area contributed by atoms with Crippen LogP contribution in [0.25, 0.3) is 0 Å². The van der Waals surface area contributed by atoms with Crippen molar-refractivity contribution in [2.75, 3.05) is 13.1 Å². The number of fused-ring (bicyclic) bond motifs is 1. The molecule has 0 aromatic heterocycles. The van der Waals surface area contributed by atoms with Crippen molar-refractivity contribution in [1.82, 2.24) is 10.2 Å². The maximum absolute atomic E-state index is 12.9. The summed E-state index contributed by atoms with van der Waals surface area (Å²) in [5.41, 5.74) is 3.31. The number of hydrogen-bond donors (Lipinski definition) is 1. The molecule has 4 nitrogen and oxygen atoms in total. The second kappa shape index (κ2) is 7.91. The number of nitrogens with one attached hydrogen (secondary N) is 1. The van der Waals surface area contributed by atoms with Gasteiger partial charge in [0.2, 0.25) is 5.91 Å². The molecule has 0 saturated heterocycles. The van der Waals surface area contributed by atoms with E-state index in [2.05, 4.69) is 11.4 Å². The van der Waals surface area contributed by atoms with Crippen molar-refractivity contribution in [2.45, 2.75) is 25.4 Å². The number of rotatable bonds is 5. The molecule has 2 aromatic carbocycles. The third-order valence-electron chi connectivity index (χ3n) is 4.55. The van der Waals surface area contributed by atoms with E-state index in [4.69, 9.17) is 5.26 Å². The van der Waals surface area contributed by atoms with E-state index in [9.17, 15) is 9.18 Å². The smallest absolute Gasteiger partial charge is 0.237 e. The maximum Gasteiger partial charge on any atom is 0.237 e. The fourth-order valence-electron chi connectivity index (χ4n) is 3.19. The summed E-state index contributed by atoms with van der Waals surface area (Å²) in [7, 11) is 0. The highest BCUT2D eigenvalue weighted by molar-refractivity contribution is 5.82. The van der Waals surface area contributed by atoms with Gasteiger partial charge in [-0.1, -0.05) is 36.4 Å². The molecule has 0 bridgehead atoms. The molecule has 1 N–H and O–H groups in total.